The molecule has 1 fully saturated rings. The Morgan fingerprint density at radius 2 is 2.12 bits per heavy atom. The molecule has 1 aromatic heterocycles. The molecule has 11 nitrogen and oxygen atoms in total. The number of benzene rings is 1. The second kappa shape index (κ2) is 11.4. The first-order valence-corrected chi connectivity index (χ1v) is 11.1. The molecular weight excluding hydrogens is 444 g/mol. The molecule has 34 heavy (non-hydrogen) atoms. The molecule has 0 aliphatic heterocycles. The summed E-state index contributed by atoms with van der Waals surface area (Å²) in [5, 5.41) is 22.4. The van der Waals surface area contributed by atoms with Crippen molar-refractivity contribution >= 4 is 24.1 Å². The van der Waals surface area contributed by atoms with E-state index in [0.29, 0.717) is 18.5 Å². The van der Waals surface area contributed by atoms with Gasteiger partial charge in [0.05, 0.1) is 12.7 Å². The van der Waals surface area contributed by atoms with Crippen LogP contribution in [0.3, 0.4) is 0 Å². The van der Waals surface area contributed by atoms with Gasteiger partial charge in [0.1, 0.15) is 23.4 Å². The number of alkyl carbamates (subject to hydrolysis) is 1. The van der Waals surface area contributed by atoms with Gasteiger partial charge in [0.15, 0.2) is 18.7 Å². The number of phenolic OH excluding ortho intramolecular Hbond substituents is 1. The monoisotopic (exact) mass is 474 g/mol. The first-order chi connectivity index (χ1) is 16.3. The zero-order valence-electron chi connectivity index (χ0n) is 19.4. The highest BCUT2D eigenvalue weighted by molar-refractivity contribution is 5.91. The summed E-state index contributed by atoms with van der Waals surface area (Å²) in [7, 11) is 1.40. The van der Waals surface area contributed by atoms with Crippen LogP contribution in [0.15, 0.2) is 18.2 Å². The van der Waals surface area contributed by atoms with Crippen LogP contribution in [0.2, 0.25) is 0 Å². The molecule has 4 N–H and O–H groups in total. The van der Waals surface area contributed by atoms with Crippen LogP contribution < -0.4 is 20.1 Å². The average molecular weight is 475 g/mol. The predicted molar refractivity (Wildman–Crippen MR) is 123 cm³/mol. The highest BCUT2D eigenvalue weighted by Crippen LogP contribution is 2.36. The third-order valence-electron chi connectivity index (χ3n) is 5.75. The third-order valence-corrected chi connectivity index (χ3v) is 5.75. The second-order valence-electron chi connectivity index (χ2n) is 8.21. The number of anilines is 1. The van der Waals surface area contributed by atoms with E-state index in [9.17, 15) is 19.5 Å². The summed E-state index contributed by atoms with van der Waals surface area (Å²) < 4.78 is 15.9. The molecule has 2 amide bonds. The van der Waals surface area contributed by atoms with Gasteiger partial charge in [-0.1, -0.05) is 6.92 Å². The van der Waals surface area contributed by atoms with Gasteiger partial charge in [-0.3, -0.25) is 14.7 Å². The van der Waals surface area contributed by atoms with Gasteiger partial charge in [0.25, 0.3) is 5.91 Å². The van der Waals surface area contributed by atoms with E-state index in [1.807, 2.05) is 13.8 Å². The number of nitrogens with zero attached hydrogens (tertiary/aromatic N) is 1. The maximum absolute atomic E-state index is 12.3. The Balaban J connectivity index is 1.51. The highest BCUT2D eigenvalue weighted by atomic mass is 16.6. The smallest absolute Gasteiger partial charge is 0.407 e. The minimum absolute atomic E-state index is 0.0269. The summed E-state index contributed by atoms with van der Waals surface area (Å²) in [6.45, 7) is 3.51. The first-order valence-electron chi connectivity index (χ1n) is 11.1. The summed E-state index contributed by atoms with van der Waals surface area (Å²) in [4.78, 5) is 35.5. The normalized spacial score (nSPS) is 18.1. The molecule has 0 radical (unpaired) electrons. The first kappa shape index (κ1) is 24.9. The van der Waals surface area contributed by atoms with Crippen LogP contribution in [0.1, 0.15) is 61.5 Å². The maximum Gasteiger partial charge on any atom is 0.407 e. The van der Waals surface area contributed by atoms with Gasteiger partial charge in [0, 0.05) is 35.9 Å². The molecule has 11 heteroatoms. The van der Waals surface area contributed by atoms with E-state index in [0.717, 1.165) is 25.0 Å². The van der Waals surface area contributed by atoms with Crippen molar-refractivity contribution in [3.63, 3.8) is 0 Å². The maximum atomic E-state index is 12.3. The van der Waals surface area contributed by atoms with Crippen LogP contribution in [0.4, 0.5) is 10.6 Å². The number of hydrogen-bond donors (Lipinski definition) is 4. The number of amides is 2. The Kier molecular flexibility index (Phi) is 8.34. The van der Waals surface area contributed by atoms with Crippen molar-refractivity contribution in [1.82, 2.24) is 15.5 Å². The molecule has 1 aromatic carbocycles. The van der Waals surface area contributed by atoms with E-state index < -0.39 is 18.6 Å². The number of aromatic nitrogens is 2. The quantitative estimate of drug-likeness (QED) is 0.383. The number of methoxy groups -OCH3 is 1. The fraction of sp³-hybridized carbons (Fsp3) is 0.478. The summed E-state index contributed by atoms with van der Waals surface area (Å²) >= 11 is 0. The number of hydrogen-bond acceptors (Lipinski definition) is 8. The Bertz CT molecular complexity index is 1020. The number of rotatable bonds is 10. The van der Waals surface area contributed by atoms with Gasteiger partial charge in [-0.25, -0.2) is 4.79 Å². The lowest BCUT2D eigenvalue weighted by Gasteiger charge is -2.16. The van der Waals surface area contributed by atoms with Crippen molar-refractivity contribution in [2.75, 3.05) is 19.0 Å². The standard InChI is InChI=1S/C23H30N4O7/c1-4-13(2)24-23(31)34-15-6-5-14(7-15)18-10-21(27-26-18)25-22(30)12-33-20-9-16(32-3)8-19(29)17(20)11-28/h8-11,13-15,29H,4-7,12H2,1-3H3,(H,24,31)(H2,25,26,27,30)/t13-,14-,15+/m0/s1. The number of aromatic amines is 1. The van der Waals surface area contributed by atoms with Gasteiger partial charge in [-0.15, -0.1) is 0 Å². The largest absolute Gasteiger partial charge is 0.507 e. The summed E-state index contributed by atoms with van der Waals surface area (Å²) in [6, 6.07) is 4.48. The topological polar surface area (TPSA) is 152 Å². The number of nitrogens with one attached hydrogen (secondary N) is 3. The molecule has 1 aliphatic carbocycles. The van der Waals surface area contributed by atoms with Crippen LogP contribution in [-0.2, 0) is 9.53 Å². The van der Waals surface area contributed by atoms with Crippen molar-refractivity contribution in [2.45, 2.75) is 57.6 Å². The molecule has 0 unspecified atom stereocenters. The second-order valence-corrected chi connectivity index (χ2v) is 8.21. The van der Waals surface area contributed by atoms with Gasteiger partial charge in [0.2, 0.25) is 0 Å². The molecule has 0 saturated heterocycles. The Labute approximate surface area is 197 Å². The number of phenols is 1. The van der Waals surface area contributed by atoms with E-state index in [-0.39, 0.29) is 40.9 Å². The highest BCUT2D eigenvalue weighted by Gasteiger charge is 2.30. The van der Waals surface area contributed by atoms with Crippen molar-refractivity contribution in [2.24, 2.45) is 0 Å². The van der Waals surface area contributed by atoms with E-state index in [4.69, 9.17) is 14.2 Å². The van der Waals surface area contributed by atoms with Crippen molar-refractivity contribution < 1.29 is 33.7 Å². The van der Waals surface area contributed by atoms with Crippen molar-refractivity contribution in [1.29, 1.82) is 0 Å². The SMILES string of the molecule is CC[C@H](C)NC(=O)O[C@@H]1CC[C@H](c2cc(NC(=O)COc3cc(OC)cc(O)c3C=O)n[nH]2)C1. The van der Waals surface area contributed by atoms with Crippen LogP contribution in [0.5, 0.6) is 17.2 Å². The number of carbonyl (C=O) groups excluding carboxylic acids is 3. The molecule has 1 heterocycles. The minimum atomic E-state index is -0.494. The lowest BCUT2D eigenvalue weighted by molar-refractivity contribution is -0.118. The number of ether oxygens (including phenoxy) is 3. The number of carbonyl (C=O) groups is 3. The van der Waals surface area contributed by atoms with E-state index in [1.54, 1.807) is 6.07 Å². The molecule has 3 rings (SSSR count). The third kappa shape index (κ3) is 6.40. The van der Waals surface area contributed by atoms with E-state index in [1.165, 1.54) is 19.2 Å². The van der Waals surface area contributed by atoms with Crippen molar-refractivity contribution in [3.05, 3.63) is 29.5 Å². The lowest BCUT2D eigenvalue weighted by atomic mass is 10.0. The lowest BCUT2D eigenvalue weighted by Crippen LogP contribution is -2.34. The average Bonchev–Trinajstić information content (AvgIpc) is 3.46. The molecule has 0 bridgehead atoms. The Morgan fingerprint density at radius 1 is 1.32 bits per heavy atom. The summed E-state index contributed by atoms with van der Waals surface area (Å²) in [5.41, 5.74) is 0.761. The molecule has 184 valence electrons. The van der Waals surface area contributed by atoms with E-state index in [2.05, 4.69) is 20.8 Å². The summed E-state index contributed by atoms with van der Waals surface area (Å²) in [5.74, 6) is -0.0347. The fourth-order valence-corrected chi connectivity index (χ4v) is 3.69. The molecule has 1 aliphatic rings. The van der Waals surface area contributed by atoms with Crippen LogP contribution in [-0.4, -0.2) is 59.5 Å². The summed E-state index contributed by atoms with van der Waals surface area (Å²) in [6.07, 6.45) is 2.94. The fourth-order valence-electron chi connectivity index (χ4n) is 3.69. The predicted octanol–water partition coefficient (Wildman–Crippen LogP) is 3.11. The molecule has 3 atom stereocenters. The number of aldehydes is 1. The zero-order valence-corrected chi connectivity index (χ0v) is 19.4. The molecule has 0 spiro atoms. The zero-order chi connectivity index (χ0) is 24.7. The minimum Gasteiger partial charge on any atom is -0.507 e. The van der Waals surface area contributed by atoms with Crippen molar-refractivity contribution in [3.8, 4) is 17.2 Å². The van der Waals surface area contributed by atoms with Crippen LogP contribution >= 0.6 is 0 Å². The van der Waals surface area contributed by atoms with Gasteiger partial charge >= 0.3 is 6.09 Å². The number of H-pyrrole nitrogens is 1. The Morgan fingerprint density at radius 3 is 2.82 bits per heavy atom. The number of aromatic hydroxyl groups is 1. The van der Waals surface area contributed by atoms with Gasteiger partial charge < -0.3 is 30.0 Å². The van der Waals surface area contributed by atoms with Gasteiger partial charge in [-0.2, -0.15) is 5.10 Å². The van der Waals surface area contributed by atoms with Gasteiger partial charge in [-0.05, 0) is 32.6 Å². The molecule has 2 aromatic rings. The van der Waals surface area contributed by atoms with Crippen LogP contribution in [0, 0.1) is 0 Å². The van der Waals surface area contributed by atoms with E-state index >= 15 is 0 Å². The van der Waals surface area contributed by atoms with Crippen LogP contribution in [0.25, 0.3) is 0 Å². The molecule has 1 saturated carbocycles. The Hall–Kier alpha value is -3.76. The molecular formula is C23H30N4O7.